The van der Waals surface area contributed by atoms with Gasteiger partial charge in [0.05, 0.1) is 0 Å². The van der Waals surface area contributed by atoms with Gasteiger partial charge in [-0.2, -0.15) is 0 Å². The number of carbonyl (C=O) groups excluding carboxylic acids is 1. The van der Waals surface area contributed by atoms with Crippen LogP contribution in [0.1, 0.15) is 28.8 Å². The number of amides is 1. The highest BCUT2D eigenvalue weighted by Gasteiger charge is 2.21. The summed E-state index contributed by atoms with van der Waals surface area (Å²) in [5.74, 6) is 0.110. The molecule has 1 saturated heterocycles. The van der Waals surface area contributed by atoms with E-state index < -0.39 is 0 Å². The van der Waals surface area contributed by atoms with Crippen molar-refractivity contribution in [2.75, 3.05) is 13.1 Å². The van der Waals surface area contributed by atoms with Gasteiger partial charge >= 0.3 is 0 Å². The molecule has 0 radical (unpaired) electrons. The first-order chi connectivity index (χ1) is 7.66. The number of benzene rings is 1. The van der Waals surface area contributed by atoms with Crippen molar-refractivity contribution in [2.24, 2.45) is 5.73 Å². The quantitative estimate of drug-likeness (QED) is 0.777. The molecule has 16 heavy (non-hydrogen) atoms. The highest BCUT2D eigenvalue weighted by atomic mass is 16.2. The summed E-state index contributed by atoms with van der Waals surface area (Å²) in [6.07, 6.45) is 2.04. The molecule has 1 heterocycles. The smallest absolute Gasteiger partial charge is 0.253 e. The molecule has 3 nitrogen and oxygen atoms in total. The van der Waals surface area contributed by atoms with E-state index in [4.69, 9.17) is 5.73 Å². The number of aryl methyl sites for hydroxylation is 1. The lowest BCUT2D eigenvalue weighted by atomic mass is 10.0. The lowest BCUT2D eigenvalue weighted by Gasteiger charge is -2.30. The maximum Gasteiger partial charge on any atom is 0.253 e. The summed E-state index contributed by atoms with van der Waals surface area (Å²) < 4.78 is 0. The number of piperidine rings is 1. The van der Waals surface area contributed by atoms with Gasteiger partial charge in [-0.15, -0.1) is 0 Å². The van der Waals surface area contributed by atoms with Crippen LogP contribution in [0.5, 0.6) is 0 Å². The van der Waals surface area contributed by atoms with Gasteiger partial charge in [-0.05, 0) is 31.9 Å². The zero-order valence-electron chi connectivity index (χ0n) is 9.65. The highest BCUT2D eigenvalue weighted by molar-refractivity contribution is 5.94. The van der Waals surface area contributed by atoms with Gasteiger partial charge in [-0.1, -0.05) is 17.7 Å². The van der Waals surface area contributed by atoms with Gasteiger partial charge in [-0.25, -0.2) is 0 Å². The van der Waals surface area contributed by atoms with E-state index in [2.05, 4.69) is 0 Å². The summed E-state index contributed by atoms with van der Waals surface area (Å²) in [5, 5.41) is 0. The Morgan fingerprint density at radius 1 is 1.50 bits per heavy atom. The second-order valence-electron chi connectivity index (χ2n) is 4.52. The Morgan fingerprint density at radius 2 is 2.31 bits per heavy atom. The molecule has 0 saturated carbocycles. The third-order valence-corrected chi connectivity index (χ3v) is 3.01. The fourth-order valence-corrected chi connectivity index (χ4v) is 2.16. The first-order valence-corrected chi connectivity index (χ1v) is 5.78. The Bertz CT molecular complexity index is 389. The molecule has 2 rings (SSSR count). The summed E-state index contributed by atoms with van der Waals surface area (Å²) in [6.45, 7) is 3.52. The predicted molar refractivity (Wildman–Crippen MR) is 64.3 cm³/mol. The average molecular weight is 218 g/mol. The van der Waals surface area contributed by atoms with Crippen LogP contribution in [0.4, 0.5) is 0 Å². The first-order valence-electron chi connectivity index (χ1n) is 5.78. The maximum atomic E-state index is 12.2. The molecule has 86 valence electrons. The zero-order valence-corrected chi connectivity index (χ0v) is 9.65. The molecule has 1 amide bonds. The molecule has 2 N–H and O–H groups in total. The van der Waals surface area contributed by atoms with Gasteiger partial charge in [-0.3, -0.25) is 4.79 Å². The summed E-state index contributed by atoms with van der Waals surface area (Å²) in [7, 11) is 0. The fourth-order valence-electron chi connectivity index (χ4n) is 2.16. The Morgan fingerprint density at radius 3 is 3.00 bits per heavy atom. The van der Waals surface area contributed by atoms with Crippen LogP contribution in [0.15, 0.2) is 24.3 Å². The number of carbonyl (C=O) groups is 1. The molecule has 1 aliphatic heterocycles. The number of hydrogen-bond acceptors (Lipinski definition) is 2. The fraction of sp³-hybridized carbons (Fsp3) is 0.462. The monoisotopic (exact) mass is 218 g/mol. The molecule has 0 aliphatic carbocycles. The standard InChI is InChI=1S/C13H18N2O/c1-10-4-2-5-11(8-10)13(16)15-7-3-6-12(14)9-15/h2,4-5,8,12H,3,6-7,9,14H2,1H3. The molecule has 1 aromatic carbocycles. The van der Waals surface area contributed by atoms with E-state index in [-0.39, 0.29) is 11.9 Å². The minimum absolute atomic E-state index is 0.110. The molecule has 0 aromatic heterocycles. The van der Waals surface area contributed by atoms with Crippen molar-refractivity contribution >= 4 is 5.91 Å². The Balaban J connectivity index is 2.12. The largest absolute Gasteiger partial charge is 0.337 e. The topological polar surface area (TPSA) is 46.3 Å². The minimum Gasteiger partial charge on any atom is -0.337 e. The number of nitrogens with zero attached hydrogens (tertiary/aromatic N) is 1. The first kappa shape index (κ1) is 11.1. The molecule has 3 heteroatoms. The molecule has 0 spiro atoms. The predicted octanol–water partition coefficient (Wildman–Crippen LogP) is 1.56. The van der Waals surface area contributed by atoms with Crippen LogP contribution >= 0.6 is 0 Å². The molecule has 1 aliphatic rings. The van der Waals surface area contributed by atoms with Crippen LogP contribution in [0, 0.1) is 6.92 Å². The van der Waals surface area contributed by atoms with Crippen molar-refractivity contribution in [3.8, 4) is 0 Å². The second-order valence-corrected chi connectivity index (χ2v) is 4.52. The van der Waals surface area contributed by atoms with Crippen LogP contribution in [-0.4, -0.2) is 29.9 Å². The van der Waals surface area contributed by atoms with Gasteiger partial charge in [0.1, 0.15) is 0 Å². The number of nitrogens with two attached hydrogens (primary N) is 1. The Kier molecular flexibility index (Phi) is 3.25. The zero-order chi connectivity index (χ0) is 11.5. The van der Waals surface area contributed by atoms with E-state index >= 15 is 0 Å². The molecule has 1 unspecified atom stereocenters. The molecule has 1 aromatic rings. The van der Waals surface area contributed by atoms with E-state index in [0.717, 1.165) is 30.5 Å². The highest BCUT2D eigenvalue weighted by Crippen LogP contribution is 2.13. The summed E-state index contributed by atoms with van der Waals surface area (Å²) in [5.41, 5.74) is 7.77. The molecular weight excluding hydrogens is 200 g/mol. The van der Waals surface area contributed by atoms with E-state index in [1.807, 2.05) is 36.1 Å². The third kappa shape index (κ3) is 2.42. The molecular formula is C13H18N2O. The summed E-state index contributed by atoms with van der Waals surface area (Å²) in [4.78, 5) is 14.0. The molecule has 1 atom stereocenters. The van der Waals surface area contributed by atoms with Crippen molar-refractivity contribution in [3.63, 3.8) is 0 Å². The molecule has 1 fully saturated rings. The molecule has 0 bridgehead atoms. The number of likely N-dealkylation sites (tertiary alicyclic amines) is 1. The van der Waals surface area contributed by atoms with E-state index in [0.29, 0.717) is 6.54 Å². The van der Waals surface area contributed by atoms with Crippen LogP contribution in [-0.2, 0) is 0 Å². The lowest BCUT2D eigenvalue weighted by Crippen LogP contribution is -2.45. The Hall–Kier alpha value is -1.35. The SMILES string of the molecule is Cc1cccc(C(=O)N2CCCC(N)C2)c1. The number of rotatable bonds is 1. The van der Waals surface area contributed by atoms with Gasteiger partial charge in [0.15, 0.2) is 0 Å². The number of hydrogen-bond donors (Lipinski definition) is 1. The van der Waals surface area contributed by atoms with E-state index in [1.54, 1.807) is 0 Å². The summed E-state index contributed by atoms with van der Waals surface area (Å²) >= 11 is 0. The summed E-state index contributed by atoms with van der Waals surface area (Å²) in [6, 6.07) is 7.87. The maximum absolute atomic E-state index is 12.2. The second kappa shape index (κ2) is 4.66. The van der Waals surface area contributed by atoms with Gasteiger partial charge < -0.3 is 10.6 Å². The van der Waals surface area contributed by atoms with E-state index in [9.17, 15) is 4.79 Å². The van der Waals surface area contributed by atoms with Crippen molar-refractivity contribution in [3.05, 3.63) is 35.4 Å². The van der Waals surface area contributed by atoms with Crippen molar-refractivity contribution in [1.82, 2.24) is 4.90 Å². The van der Waals surface area contributed by atoms with Gasteiger partial charge in [0, 0.05) is 24.7 Å². The van der Waals surface area contributed by atoms with Crippen LogP contribution in [0.2, 0.25) is 0 Å². The third-order valence-electron chi connectivity index (χ3n) is 3.01. The lowest BCUT2D eigenvalue weighted by molar-refractivity contribution is 0.0708. The van der Waals surface area contributed by atoms with Gasteiger partial charge in [0.2, 0.25) is 0 Å². The van der Waals surface area contributed by atoms with E-state index in [1.165, 1.54) is 0 Å². The van der Waals surface area contributed by atoms with Crippen molar-refractivity contribution in [2.45, 2.75) is 25.8 Å². The minimum atomic E-state index is 0.110. The average Bonchev–Trinajstić information content (AvgIpc) is 2.28. The van der Waals surface area contributed by atoms with Crippen molar-refractivity contribution < 1.29 is 4.79 Å². The Labute approximate surface area is 96.2 Å². The van der Waals surface area contributed by atoms with Crippen LogP contribution < -0.4 is 5.73 Å². The van der Waals surface area contributed by atoms with Crippen LogP contribution in [0.25, 0.3) is 0 Å². The van der Waals surface area contributed by atoms with Crippen LogP contribution in [0.3, 0.4) is 0 Å². The van der Waals surface area contributed by atoms with Gasteiger partial charge in [0.25, 0.3) is 5.91 Å². The normalized spacial score (nSPS) is 20.9. The van der Waals surface area contributed by atoms with Crippen molar-refractivity contribution in [1.29, 1.82) is 0 Å².